The van der Waals surface area contributed by atoms with Crippen LogP contribution in [0.3, 0.4) is 0 Å². The van der Waals surface area contributed by atoms with Crippen molar-refractivity contribution >= 4 is 44.1 Å². The summed E-state index contributed by atoms with van der Waals surface area (Å²) < 4.78 is 27.5. The number of anilines is 1. The van der Waals surface area contributed by atoms with E-state index in [0.29, 0.717) is 29.8 Å². The normalized spacial score (nSPS) is 12.8. The molecule has 9 heteroatoms. The molecule has 2 rings (SSSR count). The van der Waals surface area contributed by atoms with Crippen molar-refractivity contribution in [1.82, 2.24) is 4.98 Å². The van der Waals surface area contributed by atoms with Gasteiger partial charge in [-0.05, 0) is 43.9 Å². The third-order valence-electron chi connectivity index (χ3n) is 3.76. The van der Waals surface area contributed by atoms with E-state index in [1.165, 1.54) is 17.4 Å². The molecule has 1 aromatic heterocycles. The van der Waals surface area contributed by atoms with Crippen LogP contribution in [0.1, 0.15) is 30.2 Å². The third kappa shape index (κ3) is 5.17. The standard InChI is InChI=1S/C16H19ClN2O4S2/c1-10(15(20)21)5-3-6-12-9-18-16(24-12)19-25(22,23)14-8-4-7-13(17)11(14)2/h4,7-10H,3,5-6H2,1-2H3,(H,18,19)(H,20,21). The zero-order chi connectivity index (χ0) is 18.6. The first-order chi connectivity index (χ1) is 11.7. The van der Waals surface area contributed by atoms with E-state index in [4.69, 9.17) is 16.7 Å². The Morgan fingerprint density at radius 2 is 2.16 bits per heavy atom. The lowest BCUT2D eigenvalue weighted by atomic mass is 10.0. The Hall–Kier alpha value is -1.64. The zero-order valence-electron chi connectivity index (χ0n) is 13.8. The number of sulfonamides is 1. The van der Waals surface area contributed by atoms with E-state index in [0.717, 1.165) is 4.88 Å². The van der Waals surface area contributed by atoms with Gasteiger partial charge in [0.1, 0.15) is 0 Å². The summed E-state index contributed by atoms with van der Waals surface area (Å²) >= 11 is 7.23. The van der Waals surface area contributed by atoms with E-state index >= 15 is 0 Å². The molecule has 0 aliphatic carbocycles. The monoisotopic (exact) mass is 402 g/mol. The van der Waals surface area contributed by atoms with Gasteiger partial charge in [-0.15, -0.1) is 11.3 Å². The van der Waals surface area contributed by atoms with Crippen LogP contribution in [-0.2, 0) is 21.2 Å². The fourth-order valence-electron chi connectivity index (χ4n) is 2.22. The molecule has 0 fully saturated rings. The molecule has 0 aliphatic heterocycles. The van der Waals surface area contributed by atoms with Gasteiger partial charge in [0.05, 0.1) is 10.8 Å². The van der Waals surface area contributed by atoms with E-state index in [1.807, 2.05) is 0 Å². The van der Waals surface area contributed by atoms with Gasteiger partial charge < -0.3 is 5.11 Å². The van der Waals surface area contributed by atoms with Crippen LogP contribution in [0.5, 0.6) is 0 Å². The maximum absolute atomic E-state index is 12.5. The van der Waals surface area contributed by atoms with Gasteiger partial charge in [-0.2, -0.15) is 0 Å². The molecular formula is C16H19ClN2O4S2. The van der Waals surface area contributed by atoms with Crippen LogP contribution >= 0.6 is 22.9 Å². The topological polar surface area (TPSA) is 96.4 Å². The molecule has 1 aromatic carbocycles. The van der Waals surface area contributed by atoms with Crippen LogP contribution in [0.4, 0.5) is 5.13 Å². The second-order valence-corrected chi connectivity index (χ2v) is 8.90. The summed E-state index contributed by atoms with van der Waals surface area (Å²) in [6, 6.07) is 4.71. The number of thiazole rings is 1. The van der Waals surface area contributed by atoms with Crippen molar-refractivity contribution in [2.45, 2.75) is 38.0 Å². The third-order valence-corrected chi connectivity index (χ3v) is 6.76. The Bertz CT molecular complexity index is 865. The summed E-state index contributed by atoms with van der Waals surface area (Å²) in [4.78, 5) is 15.9. The van der Waals surface area contributed by atoms with Crippen molar-refractivity contribution in [2.75, 3.05) is 4.72 Å². The average molecular weight is 403 g/mol. The van der Waals surface area contributed by atoms with Crippen LogP contribution in [0.15, 0.2) is 29.3 Å². The molecule has 0 amide bonds. The first-order valence-electron chi connectivity index (χ1n) is 7.66. The van der Waals surface area contributed by atoms with Crippen LogP contribution in [0.25, 0.3) is 0 Å². The molecule has 0 bridgehead atoms. The van der Waals surface area contributed by atoms with Gasteiger partial charge in [0.25, 0.3) is 10.0 Å². The highest BCUT2D eigenvalue weighted by Crippen LogP contribution is 2.27. The molecule has 0 aliphatic rings. The number of halogens is 1. The quantitative estimate of drug-likeness (QED) is 0.696. The van der Waals surface area contributed by atoms with Gasteiger partial charge in [0, 0.05) is 16.1 Å². The summed E-state index contributed by atoms with van der Waals surface area (Å²) in [5.74, 6) is -1.20. The number of hydrogen-bond donors (Lipinski definition) is 2. The van der Waals surface area contributed by atoms with Crippen molar-refractivity contribution in [3.63, 3.8) is 0 Å². The molecule has 136 valence electrons. The van der Waals surface area contributed by atoms with Gasteiger partial charge in [-0.1, -0.05) is 24.6 Å². The molecule has 1 atom stereocenters. The number of benzene rings is 1. The van der Waals surface area contributed by atoms with Gasteiger partial charge in [0.15, 0.2) is 5.13 Å². The predicted molar refractivity (Wildman–Crippen MR) is 98.8 cm³/mol. The fourth-order valence-corrected chi connectivity index (χ4v) is 4.82. The van der Waals surface area contributed by atoms with Crippen molar-refractivity contribution in [3.05, 3.63) is 39.9 Å². The van der Waals surface area contributed by atoms with Crippen LogP contribution in [-0.4, -0.2) is 24.5 Å². The maximum atomic E-state index is 12.5. The molecule has 1 unspecified atom stereocenters. The van der Waals surface area contributed by atoms with Gasteiger partial charge >= 0.3 is 5.97 Å². The van der Waals surface area contributed by atoms with Gasteiger partial charge in [-0.25, -0.2) is 13.4 Å². The number of carboxylic acid groups (broad SMARTS) is 1. The molecule has 2 aromatic rings. The number of nitrogens with zero attached hydrogens (tertiary/aromatic N) is 1. The largest absolute Gasteiger partial charge is 0.481 e. The Morgan fingerprint density at radius 3 is 2.84 bits per heavy atom. The van der Waals surface area contributed by atoms with Gasteiger partial charge in [-0.3, -0.25) is 9.52 Å². The Morgan fingerprint density at radius 1 is 1.44 bits per heavy atom. The Kier molecular flexibility index (Phi) is 6.42. The number of aromatic nitrogens is 1. The number of nitrogens with one attached hydrogen (secondary N) is 1. The number of aryl methyl sites for hydroxylation is 1. The minimum atomic E-state index is -3.76. The highest BCUT2D eigenvalue weighted by atomic mass is 35.5. The molecule has 0 radical (unpaired) electrons. The minimum Gasteiger partial charge on any atom is -0.481 e. The average Bonchev–Trinajstić information content (AvgIpc) is 2.96. The Balaban J connectivity index is 2.03. The lowest BCUT2D eigenvalue weighted by molar-refractivity contribution is -0.141. The second-order valence-electron chi connectivity index (χ2n) is 5.73. The molecule has 0 saturated heterocycles. The van der Waals surface area contributed by atoms with E-state index < -0.39 is 21.9 Å². The van der Waals surface area contributed by atoms with E-state index in [2.05, 4.69) is 9.71 Å². The van der Waals surface area contributed by atoms with Crippen molar-refractivity contribution in [1.29, 1.82) is 0 Å². The molecule has 2 N–H and O–H groups in total. The summed E-state index contributed by atoms with van der Waals surface area (Å²) in [5, 5.41) is 9.53. The predicted octanol–water partition coefficient (Wildman–Crippen LogP) is 3.95. The molecule has 25 heavy (non-hydrogen) atoms. The molecule has 0 spiro atoms. The summed E-state index contributed by atoms with van der Waals surface area (Å²) in [6.45, 7) is 3.32. The number of hydrogen-bond acceptors (Lipinski definition) is 5. The number of carbonyl (C=O) groups is 1. The summed E-state index contributed by atoms with van der Waals surface area (Å²) in [6.07, 6.45) is 3.54. The number of aliphatic carboxylic acids is 1. The highest BCUT2D eigenvalue weighted by molar-refractivity contribution is 7.93. The summed E-state index contributed by atoms with van der Waals surface area (Å²) in [7, 11) is -3.76. The van der Waals surface area contributed by atoms with Crippen molar-refractivity contribution < 1.29 is 18.3 Å². The fraction of sp³-hybridized carbons (Fsp3) is 0.375. The lowest BCUT2D eigenvalue weighted by Gasteiger charge is -2.09. The number of rotatable bonds is 8. The first kappa shape index (κ1) is 19.7. The van der Waals surface area contributed by atoms with E-state index in [-0.39, 0.29) is 10.0 Å². The second kappa shape index (κ2) is 8.16. The van der Waals surface area contributed by atoms with Crippen molar-refractivity contribution in [2.24, 2.45) is 5.92 Å². The van der Waals surface area contributed by atoms with Crippen LogP contribution < -0.4 is 4.72 Å². The zero-order valence-corrected chi connectivity index (χ0v) is 16.2. The lowest BCUT2D eigenvalue weighted by Crippen LogP contribution is -2.14. The van der Waals surface area contributed by atoms with E-state index in [9.17, 15) is 13.2 Å². The molecule has 0 saturated carbocycles. The maximum Gasteiger partial charge on any atom is 0.306 e. The Labute approximate surface area is 155 Å². The SMILES string of the molecule is Cc1c(Cl)cccc1S(=O)(=O)Nc1ncc(CCCC(C)C(=O)O)s1. The molecule has 6 nitrogen and oxygen atoms in total. The molecular weight excluding hydrogens is 384 g/mol. The van der Waals surface area contributed by atoms with Crippen molar-refractivity contribution in [3.8, 4) is 0 Å². The molecule has 1 heterocycles. The van der Waals surface area contributed by atoms with Gasteiger partial charge in [0.2, 0.25) is 0 Å². The minimum absolute atomic E-state index is 0.118. The van der Waals surface area contributed by atoms with E-state index in [1.54, 1.807) is 32.2 Å². The number of carboxylic acids is 1. The van der Waals surface area contributed by atoms with Crippen LogP contribution in [0.2, 0.25) is 5.02 Å². The summed E-state index contributed by atoms with van der Waals surface area (Å²) in [5.41, 5.74) is 0.483. The highest BCUT2D eigenvalue weighted by Gasteiger charge is 2.20. The smallest absolute Gasteiger partial charge is 0.306 e. The van der Waals surface area contributed by atoms with Crippen LogP contribution in [0, 0.1) is 12.8 Å². The first-order valence-corrected chi connectivity index (χ1v) is 10.3.